The molecule has 0 aliphatic carbocycles. The molecular weight excluding hydrogens is 415 g/mol. The summed E-state index contributed by atoms with van der Waals surface area (Å²) in [7, 11) is 3.35. The zero-order valence-corrected chi connectivity index (χ0v) is 18.4. The minimum absolute atomic E-state index is 0.0541. The topological polar surface area (TPSA) is 53.4 Å². The van der Waals surface area contributed by atoms with Crippen molar-refractivity contribution in [1.29, 1.82) is 0 Å². The average molecular weight is 439 g/mol. The first-order valence-electron chi connectivity index (χ1n) is 9.94. The Kier molecular flexibility index (Phi) is 5.89. The first-order chi connectivity index (χ1) is 15.0. The third-order valence-corrected chi connectivity index (χ3v) is 6.47. The Morgan fingerprint density at radius 2 is 2.00 bits per heavy atom. The van der Waals surface area contributed by atoms with Crippen molar-refractivity contribution in [1.82, 2.24) is 9.55 Å². The van der Waals surface area contributed by atoms with E-state index in [1.807, 2.05) is 36.6 Å². The Labute approximate surface area is 183 Å². The number of benzene rings is 2. The highest BCUT2D eigenvalue weighted by Gasteiger charge is 2.36. The number of hydrogen-bond acceptors (Lipinski definition) is 5. The Morgan fingerprint density at radius 3 is 2.71 bits per heavy atom. The van der Waals surface area contributed by atoms with Gasteiger partial charge in [0.05, 0.1) is 5.52 Å². The van der Waals surface area contributed by atoms with Crippen LogP contribution in [-0.4, -0.2) is 16.7 Å². The van der Waals surface area contributed by atoms with Crippen LogP contribution < -0.4 is 10.3 Å². The molecule has 4 aromatic rings. The van der Waals surface area contributed by atoms with Gasteiger partial charge in [0, 0.05) is 37.9 Å². The van der Waals surface area contributed by atoms with Gasteiger partial charge in [-0.05, 0) is 53.3 Å². The van der Waals surface area contributed by atoms with Gasteiger partial charge >= 0.3 is 0 Å². The smallest absolute Gasteiger partial charge is 0.250 e. The quantitative estimate of drug-likeness (QED) is 0.407. The number of hydrogen-bond donors (Lipinski definition) is 0. The van der Waals surface area contributed by atoms with Gasteiger partial charge in [0.25, 0.3) is 5.56 Å². The predicted octanol–water partition coefficient (Wildman–Crippen LogP) is 5.01. The number of halogens is 1. The molecule has 7 heteroatoms. The molecule has 0 fully saturated rings. The second kappa shape index (κ2) is 8.61. The van der Waals surface area contributed by atoms with Crippen LogP contribution in [0.1, 0.15) is 29.5 Å². The minimum atomic E-state index is -0.831. The molecule has 4 rings (SSSR count). The molecule has 31 heavy (non-hydrogen) atoms. The first-order valence-corrected chi connectivity index (χ1v) is 10.8. The molecule has 2 aromatic carbocycles. The highest BCUT2D eigenvalue weighted by Crippen LogP contribution is 2.39. The summed E-state index contributed by atoms with van der Waals surface area (Å²) in [6.07, 6.45) is 2.32. The van der Waals surface area contributed by atoms with Gasteiger partial charge in [-0.25, -0.2) is 9.37 Å². The standard InChI is InChI=1S/C24H23FN2O3S/c1-4-24(29-3,23-26-9-10-31-23)18-12-19(25)14-20(13-18)30-15-16-5-7-21-17(11-16)6-8-22(28)27(21)2/h5-14H,4,15H2,1-3H3/t24-/m1/s1. The number of ether oxygens (including phenoxy) is 2. The van der Waals surface area contributed by atoms with E-state index in [0.29, 0.717) is 17.7 Å². The fraction of sp³-hybridized carbons (Fsp3) is 0.250. The number of pyridine rings is 1. The molecule has 5 nitrogen and oxygen atoms in total. The van der Waals surface area contributed by atoms with Gasteiger partial charge in [0.15, 0.2) is 0 Å². The first kappa shape index (κ1) is 21.2. The van der Waals surface area contributed by atoms with Crippen molar-refractivity contribution in [3.8, 4) is 5.75 Å². The second-order valence-corrected chi connectivity index (χ2v) is 8.20. The minimum Gasteiger partial charge on any atom is -0.489 e. The Hall–Kier alpha value is -3.03. The number of aromatic nitrogens is 2. The Bertz CT molecular complexity index is 1260. The van der Waals surface area contributed by atoms with Crippen LogP contribution in [0.3, 0.4) is 0 Å². The van der Waals surface area contributed by atoms with E-state index in [1.165, 1.54) is 23.5 Å². The summed E-state index contributed by atoms with van der Waals surface area (Å²) >= 11 is 1.48. The maximum Gasteiger partial charge on any atom is 0.250 e. The molecule has 1 atom stereocenters. The fourth-order valence-electron chi connectivity index (χ4n) is 3.82. The van der Waals surface area contributed by atoms with Crippen molar-refractivity contribution >= 4 is 22.2 Å². The molecule has 0 amide bonds. The van der Waals surface area contributed by atoms with Crippen LogP contribution in [0.5, 0.6) is 5.75 Å². The van der Waals surface area contributed by atoms with Gasteiger partial charge in [-0.15, -0.1) is 11.3 Å². The zero-order valence-electron chi connectivity index (χ0n) is 17.6. The highest BCUT2D eigenvalue weighted by molar-refractivity contribution is 7.09. The van der Waals surface area contributed by atoms with Crippen molar-refractivity contribution < 1.29 is 13.9 Å². The van der Waals surface area contributed by atoms with Crippen LogP contribution in [0, 0.1) is 5.82 Å². The van der Waals surface area contributed by atoms with E-state index in [-0.39, 0.29) is 12.2 Å². The lowest BCUT2D eigenvalue weighted by Crippen LogP contribution is -2.29. The van der Waals surface area contributed by atoms with Gasteiger partial charge < -0.3 is 14.0 Å². The Morgan fingerprint density at radius 1 is 1.16 bits per heavy atom. The molecular formula is C24H23FN2O3S. The Balaban J connectivity index is 1.63. The largest absolute Gasteiger partial charge is 0.489 e. The molecule has 160 valence electrons. The van der Waals surface area contributed by atoms with Crippen LogP contribution in [0.2, 0.25) is 0 Å². The van der Waals surface area contributed by atoms with E-state index in [4.69, 9.17) is 9.47 Å². The maximum atomic E-state index is 14.5. The monoisotopic (exact) mass is 438 g/mol. The second-order valence-electron chi connectivity index (χ2n) is 7.31. The van der Waals surface area contributed by atoms with Gasteiger partial charge in [0.2, 0.25) is 0 Å². The highest BCUT2D eigenvalue weighted by atomic mass is 32.1. The van der Waals surface area contributed by atoms with E-state index in [9.17, 15) is 9.18 Å². The summed E-state index contributed by atoms with van der Waals surface area (Å²) in [4.78, 5) is 16.2. The summed E-state index contributed by atoms with van der Waals surface area (Å²) in [5, 5.41) is 3.59. The summed E-state index contributed by atoms with van der Waals surface area (Å²) < 4.78 is 27.9. The van der Waals surface area contributed by atoms with Gasteiger partial charge in [0.1, 0.15) is 28.8 Å². The maximum absolute atomic E-state index is 14.5. The third kappa shape index (κ3) is 3.98. The molecule has 0 spiro atoms. The van der Waals surface area contributed by atoms with Gasteiger partial charge in [-0.2, -0.15) is 0 Å². The molecule has 0 N–H and O–H groups in total. The molecule has 0 radical (unpaired) electrons. The summed E-state index contributed by atoms with van der Waals surface area (Å²) in [5.41, 5.74) is 1.55. The van der Waals surface area contributed by atoms with Crippen molar-refractivity contribution in [2.45, 2.75) is 25.6 Å². The average Bonchev–Trinajstić information content (AvgIpc) is 3.31. The van der Waals surface area contributed by atoms with Gasteiger partial charge in [-0.1, -0.05) is 13.0 Å². The molecule has 0 saturated heterocycles. The van der Waals surface area contributed by atoms with E-state index in [2.05, 4.69) is 4.98 Å². The molecule has 2 heterocycles. The number of nitrogens with zero attached hydrogens (tertiary/aromatic N) is 2. The van der Waals surface area contributed by atoms with Crippen molar-refractivity contribution in [2.24, 2.45) is 7.05 Å². The lowest BCUT2D eigenvalue weighted by atomic mass is 9.91. The molecule has 0 saturated carbocycles. The number of thiazole rings is 1. The lowest BCUT2D eigenvalue weighted by Gasteiger charge is -2.30. The molecule has 2 aromatic heterocycles. The summed E-state index contributed by atoms with van der Waals surface area (Å²) in [6, 6.07) is 13.7. The van der Waals surface area contributed by atoms with Crippen LogP contribution in [0.4, 0.5) is 4.39 Å². The van der Waals surface area contributed by atoms with E-state index >= 15 is 0 Å². The molecule has 0 aliphatic rings. The van der Waals surface area contributed by atoms with Gasteiger partial charge in [-0.3, -0.25) is 4.79 Å². The summed E-state index contributed by atoms with van der Waals surface area (Å²) in [6.45, 7) is 2.25. The number of rotatable bonds is 7. The lowest BCUT2D eigenvalue weighted by molar-refractivity contribution is 0.0180. The zero-order chi connectivity index (χ0) is 22.0. The van der Waals surface area contributed by atoms with Crippen molar-refractivity contribution in [3.05, 3.63) is 92.4 Å². The predicted molar refractivity (Wildman–Crippen MR) is 120 cm³/mol. The van der Waals surface area contributed by atoms with Crippen molar-refractivity contribution in [3.63, 3.8) is 0 Å². The van der Waals surface area contributed by atoms with E-state index < -0.39 is 11.4 Å². The van der Waals surface area contributed by atoms with Crippen LogP contribution in [-0.2, 0) is 24.0 Å². The number of aryl methyl sites for hydroxylation is 1. The third-order valence-electron chi connectivity index (χ3n) is 5.56. The van der Waals surface area contributed by atoms with Crippen LogP contribution >= 0.6 is 11.3 Å². The summed E-state index contributed by atoms with van der Waals surface area (Å²) in [5.74, 6) is 0.0226. The van der Waals surface area contributed by atoms with Crippen molar-refractivity contribution in [2.75, 3.05) is 7.11 Å². The molecule has 0 aliphatic heterocycles. The van der Waals surface area contributed by atoms with E-state index in [1.54, 1.807) is 37.1 Å². The molecule has 0 unspecified atom stereocenters. The molecule has 0 bridgehead atoms. The normalized spacial score (nSPS) is 13.3. The number of fused-ring (bicyclic) bond motifs is 1. The van der Waals surface area contributed by atoms with Crippen LogP contribution in [0.15, 0.2) is 64.9 Å². The number of methoxy groups -OCH3 is 1. The fourth-order valence-corrected chi connectivity index (χ4v) is 4.73. The van der Waals surface area contributed by atoms with Crippen LogP contribution in [0.25, 0.3) is 10.9 Å². The SMILES string of the molecule is CC[C@@](OC)(c1cc(F)cc(OCc2ccc3c(ccc(=O)n3C)c2)c1)c1nccs1. The van der Waals surface area contributed by atoms with E-state index in [0.717, 1.165) is 21.5 Å².